The van der Waals surface area contributed by atoms with Crippen LogP contribution in [0.1, 0.15) is 53.7 Å². The fourth-order valence-electron chi connectivity index (χ4n) is 4.50. The largest absolute Gasteiger partial charge is 0.465 e. The molecule has 1 amide bonds. The lowest BCUT2D eigenvalue weighted by Crippen LogP contribution is -2.36. The maximum atomic E-state index is 13.1. The molecule has 1 fully saturated rings. The molecular weight excluding hydrogens is 452 g/mol. The number of pyridine rings is 1. The molecule has 5 rings (SSSR count). The van der Waals surface area contributed by atoms with Crippen LogP contribution in [0.15, 0.2) is 40.3 Å². The number of aryl methyl sites for hydroxylation is 2. The number of benzene rings is 1. The third kappa shape index (κ3) is 4.09. The Hall–Kier alpha value is -3.20. The molecule has 0 N–H and O–H groups in total. The molecule has 3 heterocycles. The van der Waals surface area contributed by atoms with Crippen molar-refractivity contribution < 1.29 is 14.3 Å². The first kappa shape index (κ1) is 22.6. The molecule has 0 saturated heterocycles. The van der Waals surface area contributed by atoms with Crippen molar-refractivity contribution in [3.05, 3.63) is 57.5 Å². The van der Waals surface area contributed by atoms with E-state index < -0.39 is 11.5 Å². The van der Waals surface area contributed by atoms with Crippen molar-refractivity contribution in [3.63, 3.8) is 0 Å². The second-order valence-electron chi connectivity index (χ2n) is 8.57. The van der Waals surface area contributed by atoms with E-state index in [1.807, 2.05) is 34.6 Å². The summed E-state index contributed by atoms with van der Waals surface area (Å²) in [6.07, 6.45) is 3.90. The summed E-state index contributed by atoms with van der Waals surface area (Å²) < 4.78 is 6.75. The second kappa shape index (κ2) is 9.21. The minimum Gasteiger partial charge on any atom is -0.465 e. The van der Waals surface area contributed by atoms with Gasteiger partial charge in [0.25, 0.3) is 5.56 Å². The molecule has 8 nitrogen and oxygen atoms in total. The lowest BCUT2D eigenvalue weighted by atomic mass is 10.0. The van der Waals surface area contributed by atoms with E-state index in [2.05, 4.69) is 11.1 Å². The molecule has 9 heteroatoms. The van der Waals surface area contributed by atoms with Crippen LogP contribution >= 0.6 is 11.8 Å². The van der Waals surface area contributed by atoms with Crippen molar-refractivity contribution in [1.29, 1.82) is 0 Å². The topological polar surface area (TPSA) is 94.4 Å². The molecular formula is C25H26N4O4S. The number of nitrogens with zero attached hydrogens (tertiary/aromatic N) is 4. The summed E-state index contributed by atoms with van der Waals surface area (Å²) in [6.45, 7) is 3.10. The van der Waals surface area contributed by atoms with Crippen molar-refractivity contribution in [3.8, 4) is 0 Å². The fraction of sp³-hybridized carbons (Fsp3) is 0.400. The second-order valence-corrected chi connectivity index (χ2v) is 9.51. The van der Waals surface area contributed by atoms with Crippen LogP contribution in [0.3, 0.4) is 0 Å². The zero-order valence-electron chi connectivity index (χ0n) is 19.2. The standard InChI is InChI=1S/C25H26N4O4S/c1-3-28-22-21(17(24(32)33-2)13-18(26-22)15-10-11-15)23(31)27-25(28)34-14-20(30)29-12-6-8-16-7-4-5-9-19(16)29/h4-5,7,9,13,15H,3,6,8,10-12,14H2,1-2H3. The van der Waals surface area contributed by atoms with Gasteiger partial charge in [-0.2, -0.15) is 4.98 Å². The number of thioether (sulfide) groups is 1. The molecule has 1 aliphatic heterocycles. The van der Waals surface area contributed by atoms with E-state index in [1.165, 1.54) is 24.4 Å². The van der Waals surface area contributed by atoms with Crippen LogP contribution in [-0.4, -0.2) is 45.8 Å². The lowest BCUT2D eigenvalue weighted by Gasteiger charge is -2.29. The lowest BCUT2D eigenvalue weighted by molar-refractivity contribution is -0.116. The van der Waals surface area contributed by atoms with Gasteiger partial charge < -0.3 is 14.2 Å². The van der Waals surface area contributed by atoms with Crippen molar-refractivity contribution in [1.82, 2.24) is 14.5 Å². The van der Waals surface area contributed by atoms with E-state index >= 15 is 0 Å². The number of carbonyl (C=O) groups excluding carboxylic acids is 2. The molecule has 0 radical (unpaired) electrons. The molecule has 1 aromatic carbocycles. The molecule has 0 atom stereocenters. The van der Waals surface area contributed by atoms with E-state index in [4.69, 9.17) is 9.72 Å². The van der Waals surface area contributed by atoms with Crippen LogP contribution in [-0.2, 0) is 22.5 Å². The molecule has 0 bridgehead atoms. The summed E-state index contributed by atoms with van der Waals surface area (Å²) in [6, 6.07) is 9.64. The quantitative estimate of drug-likeness (QED) is 0.304. The van der Waals surface area contributed by atoms with Crippen molar-refractivity contribution in [2.24, 2.45) is 0 Å². The molecule has 2 aromatic heterocycles. The summed E-state index contributed by atoms with van der Waals surface area (Å²) in [7, 11) is 1.30. The molecule has 34 heavy (non-hydrogen) atoms. The maximum Gasteiger partial charge on any atom is 0.338 e. The van der Waals surface area contributed by atoms with Gasteiger partial charge in [-0.05, 0) is 50.3 Å². The summed E-state index contributed by atoms with van der Waals surface area (Å²) in [4.78, 5) is 49.5. The van der Waals surface area contributed by atoms with Gasteiger partial charge in [0.1, 0.15) is 5.65 Å². The van der Waals surface area contributed by atoms with Gasteiger partial charge in [-0.1, -0.05) is 30.0 Å². The third-order valence-electron chi connectivity index (χ3n) is 6.37. The summed E-state index contributed by atoms with van der Waals surface area (Å²) in [5, 5.41) is 0.591. The van der Waals surface area contributed by atoms with Gasteiger partial charge in [-0.3, -0.25) is 9.59 Å². The first-order valence-corrected chi connectivity index (χ1v) is 12.5. The Kier molecular flexibility index (Phi) is 6.12. The molecule has 3 aromatic rings. The first-order chi connectivity index (χ1) is 16.5. The predicted molar refractivity (Wildman–Crippen MR) is 131 cm³/mol. The smallest absolute Gasteiger partial charge is 0.338 e. The number of ether oxygens (including phenoxy) is 1. The average molecular weight is 479 g/mol. The van der Waals surface area contributed by atoms with Crippen LogP contribution < -0.4 is 10.5 Å². The Morgan fingerprint density at radius 1 is 1.21 bits per heavy atom. The van der Waals surface area contributed by atoms with E-state index in [0.717, 1.165) is 37.1 Å². The Labute approximate surface area is 201 Å². The zero-order chi connectivity index (χ0) is 23.8. The molecule has 2 aliphatic rings. The zero-order valence-corrected chi connectivity index (χ0v) is 20.1. The molecule has 1 saturated carbocycles. The van der Waals surface area contributed by atoms with Gasteiger partial charge in [-0.25, -0.2) is 9.78 Å². The van der Waals surface area contributed by atoms with Gasteiger partial charge in [0.2, 0.25) is 5.91 Å². The van der Waals surface area contributed by atoms with E-state index in [9.17, 15) is 14.4 Å². The number of rotatable bonds is 6. The number of hydrogen-bond donors (Lipinski definition) is 0. The number of hydrogen-bond acceptors (Lipinski definition) is 7. The van der Waals surface area contributed by atoms with Gasteiger partial charge in [0.05, 0.1) is 23.8 Å². The number of amides is 1. The van der Waals surface area contributed by atoms with E-state index in [0.29, 0.717) is 29.8 Å². The normalized spacial score (nSPS) is 15.3. The summed E-state index contributed by atoms with van der Waals surface area (Å²) in [5.74, 6) is -0.157. The van der Waals surface area contributed by atoms with Crippen LogP contribution in [0, 0.1) is 0 Å². The highest BCUT2D eigenvalue weighted by molar-refractivity contribution is 7.99. The minimum absolute atomic E-state index is 0.0240. The third-order valence-corrected chi connectivity index (χ3v) is 7.33. The highest BCUT2D eigenvalue weighted by atomic mass is 32.2. The molecule has 0 spiro atoms. The van der Waals surface area contributed by atoms with Crippen molar-refractivity contribution in [2.45, 2.75) is 50.2 Å². The minimum atomic E-state index is -0.574. The number of esters is 1. The van der Waals surface area contributed by atoms with E-state index in [-0.39, 0.29) is 22.6 Å². The monoisotopic (exact) mass is 478 g/mol. The van der Waals surface area contributed by atoms with Crippen LogP contribution in [0.2, 0.25) is 0 Å². The van der Waals surface area contributed by atoms with Gasteiger partial charge in [0, 0.05) is 30.4 Å². The van der Waals surface area contributed by atoms with Crippen LogP contribution in [0.5, 0.6) is 0 Å². The van der Waals surface area contributed by atoms with Crippen molar-refractivity contribution >= 4 is 40.4 Å². The van der Waals surface area contributed by atoms with Gasteiger partial charge in [-0.15, -0.1) is 0 Å². The Bertz CT molecular complexity index is 1350. The Balaban J connectivity index is 1.50. The number of aromatic nitrogens is 3. The molecule has 176 valence electrons. The highest BCUT2D eigenvalue weighted by Gasteiger charge is 2.29. The van der Waals surface area contributed by atoms with Gasteiger partial charge >= 0.3 is 5.97 Å². The van der Waals surface area contributed by atoms with Crippen molar-refractivity contribution in [2.75, 3.05) is 24.3 Å². The maximum absolute atomic E-state index is 13.1. The Morgan fingerprint density at radius 3 is 2.74 bits per heavy atom. The summed E-state index contributed by atoms with van der Waals surface area (Å²) in [5.41, 5.74) is 3.01. The SMILES string of the molecule is CCn1c(SCC(=O)N2CCCc3ccccc32)nc(=O)c2c(C(=O)OC)cc(C3CC3)nc21. The molecule has 0 unspecified atom stereocenters. The number of anilines is 1. The number of para-hydroxylation sites is 1. The number of carbonyl (C=O) groups is 2. The van der Waals surface area contributed by atoms with Crippen LogP contribution in [0.25, 0.3) is 11.0 Å². The Morgan fingerprint density at radius 2 is 2.00 bits per heavy atom. The predicted octanol–water partition coefficient (Wildman–Crippen LogP) is 3.55. The van der Waals surface area contributed by atoms with E-state index in [1.54, 1.807) is 6.07 Å². The van der Waals surface area contributed by atoms with Gasteiger partial charge in [0.15, 0.2) is 5.16 Å². The molecule has 1 aliphatic carbocycles. The first-order valence-electron chi connectivity index (χ1n) is 11.6. The number of fused-ring (bicyclic) bond motifs is 2. The average Bonchev–Trinajstić information content (AvgIpc) is 3.71. The number of methoxy groups -OCH3 is 1. The fourth-order valence-corrected chi connectivity index (χ4v) is 5.43. The van der Waals surface area contributed by atoms with Crippen LogP contribution in [0.4, 0.5) is 5.69 Å². The highest BCUT2D eigenvalue weighted by Crippen LogP contribution is 2.40. The summed E-state index contributed by atoms with van der Waals surface area (Å²) >= 11 is 1.23.